The van der Waals surface area contributed by atoms with Crippen LogP contribution in [-0.2, 0) is 27.4 Å². The molecule has 2 atom stereocenters. The lowest BCUT2D eigenvalue weighted by Gasteiger charge is -2.46. The summed E-state index contributed by atoms with van der Waals surface area (Å²) in [6.45, 7) is 19.5. The van der Waals surface area contributed by atoms with Gasteiger partial charge < -0.3 is 9.16 Å². The zero-order chi connectivity index (χ0) is 32.0. The molecule has 0 bridgehead atoms. The molecule has 10 heteroatoms. The van der Waals surface area contributed by atoms with E-state index >= 15 is 0 Å². The fourth-order valence-electron chi connectivity index (χ4n) is 6.79. The van der Waals surface area contributed by atoms with Crippen molar-refractivity contribution in [2.75, 3.05) is 0 Å². The van der Waals surface area contributed by atoms with Gasteiger partial charge in [0.25, 0.3) is 0 Å². The second kappa shape index (κ2) is 10.3. The van der Waals surface area contributed by atoms with Gasteiger partial charge in [0.05, 0.1) is 23.0 Å². The number of pyridine rings is 2. The van der Waals surface area contributed by atoms with Gasteiger partial charge >= 0.3 is 6.18 Å². The fourth-order valence-corrected chi connectivity index (χ4v) is 8.06. The number of fused-ring (bicyclic) bond motifs is 4. The van der Waals surface area contributed by atoms with E-state index in [0.717, 1.165) is 46.8 Å². The predicted octanol–water partition coefficient (Wildman–Crippen LogP) is 10.2. The van der Waals surface area contributed by atoms with E-state index in [1.807, 2.05) is 13.8 Å². The summed E-state index contributed by atoms with van der Waals surface area (Å²) in [5.74, 6) is -2.84. The average molecular weight is 625 g/mol. The van der Waals surface area contributed by atoms with Crippen molar-refractivity contribution in [1.82, 2.24) is 9.97 Å². The monoisotopic (exact) mass is 624 g/mol. The smallest absolute Gasteiger partial charge is 0.410 e. The number of alkyl halides is 5. The van der Waals surface area contributed by atoms with Crippen LogP contribution in [0.5, 0.6) is 0 Å². The Morgan fingerprint density at radius 3 is 2.14 bits per heavy atom. The lowest BCUT2D eigenvalue weighted by atomic mass is 9.68. The minimum Gasteiger partial charge on any atom is -0.410 e. The molecule has 238 valence electrons. The highest BCUT2D eigenvalue weighted by atomic mass is 28.4. The maximum atomic E-state index is 14.7. The van der Waals surface area contributed by atoms with Crippen LogP contribution >= 0.6 is 0 Å². The Kier molecular flexibility index (Phi) is 7.78. The summed E-state index contributed by atoms with van der Waals surface area (Å²) in [5, 5.41) is -0.0585. The molecule has 2 aromatic heterocycles. The second-order valence-corrected chi connectivity index (χ2v) is 20.3. The standard InChI is InChI=1S/C33H45F5N2O2Si/c1-19(2)27-25-26(24-22(40-27)16-30(6,7)17-23(24)42-43(8,9)29(3,4)5)31(12-14-32(34,35)15-13-31)41-28(25)21-11-10-20(18-39-21)33(36,37)38/h10-11,18-19,23,28H,12-17H2,1-9H3/t23?,28-/m0/s1. The topological polar surface area (TPSA) is 44.2 Å². The number of aromatic nitrogens is 2. The third kappa shape index (κ3) is 5.92. The van der Waals surface area contributed by atoms with Gasteiger partial charge in [0.2, 0.25) is 5.92 Å². The summed E-state index contributed by atoms with van der Waals surface area (Å²) in [5.41, 5.74) is 2.65. The number of ether oxygens (including phenoxy) is 1. The van der Waals surface area contributed by atoms with Crippen molar-refractivity contribution in [3.8, 4) is 0 Å². The molecule has 0 aromatic carbocycles. The zero-order valence-corrected chi connectivity index (χ0v) is 27.8. The van der Waals surface area contributed by atoms with Crippen molar-refractivity contribution in [3.05, 3.63) is 57.7 Å². The van der Waals surface area contributed by atoms with Crippen molar-refractivity contribution in [2.24, 2.45) is 5.41 Å². The van der Waals surface area contributed by atoms with E-state index in [1.165, 1.54) is 6.07 Å². The highest BCUT2D eigenvalue weighted by Gasteiger charge is 2.56. The predicted molar refractivity (Wildman–Crippen MR) is 159 cm³/mol. The van der Waals surface area contributed by atoms with E-state index in [2.05, 4.69) is 52.7 Å². The first-order valence-electron chi connectivity index (χ1n) is 15.4. The van der Waals surface area contributed by atoms with Gasteiger partial charge in [-0.25, -0.2) is 8.78 Å². The highest BCUT2D eigenvalue weighted by Crippen LogP contribution is 2.61. The molecular weight excluding hydrogens is 579 g/mol. The van der Waals surface area contributed by atoms with Crippen LogP contribution < -0.4 is 0 Å². The van der Waals surface area contributed by atoms with E-state index in [4.69, 9.17) is 14.1 Å². The van der Waals surface area contributed by atoms with E-state index in [1.54, 1.807) is 0 Å². The summed E-state index contributed by atoms with van der Waals surface area (Å²) in [6, 6.07) is 2.36. The van der Waals surface area contributed by atoms with Crippen LogP contribution in [0.1, 0.15) is 138 Å². The molecule has 1 fully saturated rings. The molecule has 0 radical (unpaired) electrons. The maximum Gasteiger partial charge on any atom is 0.417 e. The SMILES string of the molecule is CC(C)c1nc2c(c3c1[C@H](c1ccc(C(F)(F)F)cn1)OC31CCC(F)(F)CC1)C(O[Si](C)(C)C(C)(C)C)CC(C)(C)C2. The molecule has 5 rings (SSSR count). The molecule has 2 aliphatic carbocycles. The van der Waals surface area contributed by atoms with Gasteiger partial charge in [0.15, 0.2) is 8.32 Å². The minimum atomic E-state index is -4.53. The lowest BCUT2D eigenvalue weighted by Crippen LogP contribution is -2.45. The van der Waals surface area contributed by atoms with Crippen LogP contribution in [0.3, 0.4) is 0 Å². The van der Waals surface area contributed by atoms with Crippen molar-refractivity contribution in [1.29, 1.82) is 0 Å². The minimum absolute atomic E-state index is 0.0374. The molecule has 3 aliphatic rings. The van der Waals surface area contributed by atoms with Gasteiger partial charge in [0.1, 0.15) is 6.10 Å². The van der Waals surface area contributed by atoms with E-state index in [-0.39, 0.29) is 48.2 Å². The number of hydrogen-bond donors (Lipinski definition) is 0. The van der Waals surface area contributed by atoms with Crippen LogP contribution in [0.2, 0.25) is 18.1 Å². The molecule has 1 saturated carbocycles. The Morgan fingerprint density at radius 2 is 1.63 bits per heavy atom. The lowest BCUT2D eigenvalue weighted by molar-refractivity contribution is -0.142. The number of rotatable bonds is 4. The largest absolute Gasteiger partial charge is 0.417 e. The van der Waals surface area contributed by atoms with E-state index < -0.39 is 37.7 Å². The maximum absolute atomic E-state index is 14.7. The van der Waals surface area contributed by atoms with Gasteiger partial charge in [-0.3, -0.25) is 9.97 Å². The molecule has 43 heavy (non-hydrogen) atoms. The number of halogens is 5. The van der Waals surface area contributed by atoms with Crippen molar-refractivity contribution >= 4 is 8.32 Å². The highest BCUT2D eigenvalue weighted by molar-refractivity contribution is 6.74. The van der Waals surface area contributed by atoms with Crippen LogP contribution in [-0.4, -0.2) is 24.2 Å². The average Bonchev–Trinajstić information content (AvgIpc) is 3.18. The Balaban J connectivity index is 1.77. The van der Waals surface area contributed by atoms with E-state index in [0.29, 0.717) is 12.1 Å². The summed E-state index contributed by atoms with van der Waals surface area (Å²) < 4.78 is 83.6. The molecule has 3 heterocycles. The number of nitrogens with zero attached hydrogens (tertiary/aromatic N) is 2. The van der Waals surface area contributed by atoms with Crippen LogP contribution in [0.25, 0.3) is 0 Å². The first-order chi connectivity index (χ1) is 19.6. The first kappa shape index (κ1) is 32.5. The Labute approximate surface area is 253 Å². The van der Waals surface area contributed by atoms with Crippen molar-refractivity contribution in [2.45, 2.75) is 141 Å². The third-order valence-electron chi connectivity index (χ3n) is 10.1. The van der Waals surface area contributed by atoms with E-state index in [9.17, 15) is 22.0 Å². The van der Waals surface area contributed by atoms with Crippen LogP contribution in [0.15, 0.2) is 18.3 Å². The normalized spacial score (nSPS) is 24.7. The summed E-state index contributed by atoms with van der Waals surface area (Å²) in [6.07, 6.45) is -3.81. The van der Waals surface area contributed by atoms with Crippen molar-refractivity contribution in [3.63, 3.8) is 0 Å². The summed E-state index contributed by atoms with van der Waals surface area (Å²) >= 11 is 0. The molecule has 0 saturated heterocycles. The Hall–Kier alpha value is -1.91. The zero-order valence-electron chi connectivity index (χ0n) is 26.8. The molecular formula is C33H45F5N2O2Si. The van der Waals surface area contributed by atoms with Gasteiger partial charge in [-0.1, -0.05) is 48.5 Å². The Morgan fingerprint density at radius 1 is 1.00 bits per heavy atom. The fraction of sp³-hybridized carbons (Fsp3) is 0.697. The quantitative estimate of drug-likeness (QED) is 0.251. The molecule has 1 unspecified atom stereocenters. The summed E-state index contributed by atoms with van der Waals surface area (Å²) in [4.78, 5) is 9.49. The van der Waals surface area contributed by atoms with Crippen LogP contribution in [0, 0.1) is 5.41 Å². The summed E-state index contributed by atoms with van der Waals surface area (Å²) in [7, 11) is -2.29. The van der Waals surface area contributed by atoms with Crippen LogP contribution in [0.4, 0.5) is 22.0 Å². The second-order valence-electron chi connectivity index (χ2n) is 15.5. The van der Waals surface area contributed by atoms with Crippen molar-refractivity contribution < 1.29 is 31.1 Å². The Bertz CT molecular complexity index is 1370. The molecule has 2 aromatic rings. The molecule has 1 aliphatic heterocycles. The molecule has 4 nitrogen and oxygen atoms in total. The first-order valence-corrected chi connectivity index (χ1v) is 18.3. The van der Waals surface area contributed by atoms with Gasteiger partial charge in [-0.15, -0.1) is 0 Å². The molecule has 1 spiro atoms. The third-order valence-corrected chi connectivity index (χ3v) is 14.6. The van der Waals surface area contributed by atoms with Gasteiger partial charge in [0, 0.05) is 41.6 Å². The molecule has 0 amide bonds. The van der Waals surface area contributed by atoms with Gasteiger partial charge in [-0.05, 0) is 72.8 Å². The van der Waals surface area contributed by atoms with Gasteiger partial charge in [-0.2, -0.15) is 13.2 Å². The molecule has 0 N–H and O–H groups in total. The number of hydrogen-bond acceptors (Lipinski definition) is 4.